The highest BCUT2D eigenvalue weighted by atomic mass is 16.6. The van der Waals surface area contributed by atoms with Crippen molar-refractivity contribution in [3.05, 3.63) is 96.1 Å². The third-order valence-electron chi connectivity index (χ3n) is 5.30. The normalized spacial score (nSPS) is 18.0. The van der Waals surface area contributed by atoms with Crippen molar-refractivity contribution in [1.29, 1.82) is 0 Å². The Hall–Kier alpha value is -2.82. The van der Waals surface area contributed by atoms with Crippen LogP contribution in [0.1, 0.15) is 24.2 Å². The summed E-state index contributed by atoms with van der Waals surface area (Å²) in [6.07, 6.45) is -0.286. The summed E-state index contributed by atoms with van der Waals surface area (Å²) in [4.78, 5) is 2.44. The molecule has 1 heterocycles. The third-order valence-corrected chi connectivity index (χ3v) is 5.30. The minimum Gasteiger partial charge on any atom is -0.490 e. The predicted octanol–water partition coefficient (Wildman–Crippen LogP) is 5.11. The van der Waals surface area contributed by atoms with Gasteiger partial charge in [0, 0.05) is 19.6 Å². The fraction of sp³-hybridized carbons (Fsp3) is 0.308. The summed E-state index contributed by atoms with van der Waals surface area (Å²) in [6, 6.07) is 28.8. The third kappa shape index (κ3) is 5.21. The van der Waals surface area contributed by atoms with Gasteiger partial charge in [-0.3, -0.25) is 4.90 Å². The van der Waals surface area contributed by atoms with Crippen molar-refractivity contribution in [3.63, 3.8) is 0 Å². The molecule has 1 unspecified atom stereocenters. The summed E-state index contributed by atoms with van der Waals surface area (Å²) in [6.45, 7) is 5.92. The lowest BCUT2D eigenvalue weighted by Crippen LogP contribution is -2.45. The summed E-state index contributed by atoms with van der Waals surface area (Å²) < 4.78 is 18.6. The zero-order chi connectivity index (χ0) is 20.6. The van der Waals surface area contributed by atoms with Gasteiger partial charge in [-0.1, -0.05) is 72.8 Å². The predicted molar refractivity (Wildman–Crippen MR) is 119 cm³/mol. The molecule has 3 aromatic carbocycles. The summed E-state index contributed by atoms with van der Waals surface area (Å²) in [5.41, 5.74) is 2.42. The van der Waals surface area contributed by atoms with Crippen LogP contribution < -0.4 is 9.47 Å². The first kappa shape index (κ1) is 20.5. The van der Waals surface area contributed by atoms with Crippen molar-refractivity contribution in [1.82, 2.24) is 4.90 Å². The highest BCUT2D eigenvalue weighted by molar-refractivity contribution is 5.40. The lowest BCUT2D eigenvalue weighted by atomic mass is 10.0. The van der Waals surface area contributed by atoms with Crippen LogP contribution in [0.3, 0.4) is 0 Å². The van der Waals surface area contributed by atoms with Gasteiger partial charge in [0.05, 0.1) is 13.2 Å². The molecule has 0 N–H and O–H groups in total. The molecular weight excluding hydrogens is 374 g/mol. The summed E-state index contributed by atoms with van der Waals surface area (Å²) in [5, 5.41) is 0. The Morgan fingerprint density at radius 3 is 2.30 bits per heavy atom. The minimum atomic E-state index is -0.216. The van der Waals surface area contributed by atoms with E-state index >= 15 is 0 Å². The van der Waals surface area contributed by atoms with E-state index in [4.69, 9.17) is 14.2 Å². The Morgan fingerprint density at radius 1 is 0.900 bits per heavy atom. The number of para-hydroxylation sites is 2. The second kappa shape index (κ2) is 10.3. The van der Waals surface area contributed by atoms with E-state index < -0.39 is 0 Å². The molecule has 4 rings (SSSR count). The molecule has 0 amide bonds. The van der Waals surface area contributed by atoms with E-state index in [0.29, 0.717) is 13.2 Å². The zero-order valence-electron chi connectivity index (χ0n) is 17.4. The molecule has 0 aromatic heterocycles. The molecule has 0 bridgehead atoms. The number of morpholine rings is 1. The SMILES string of the molecule is CCOc1ccccc1O[C@@H](c1ccccc1)C1CN(Cc2ccccc2)CCO1. The quantitative estimate of drug-likeness (QED) is 0.523. The van der Waals surface area contributed by atoms with Crippen LogP contribution in [0.25, 0.3) is 0 Å². The van der Waals surface area contributed by atoms with Gasteiger partial charge in [0.15, 0.2) is 17.6 Å². The molecule has 2 atom stereocenters. The van der Waals surface area contributed by atoms with Crippen LogP contribution in [0.5, 0.6) is 11.5 Å². The Kier molecular flexibility index (Phi) is 7.01. The van der Waals surface area contributed by atoms with E-state index in [1.165, 1.54) is 5.56 Å². The lowest BCUT2D eigenvalue weighted by Gasteiger charge is -2.37. The molecule has 1 saturated heterocycles. The number of rotatable bonds is 8. The minimum absolute atomic E-state index is 0.0699. The smallest absolute Gasteiger partial charge is 0.162 e. The lowest BCUT2D eigenvalue weighted by molar-refractivity contribution is -0.0843. The van der Waals surface area contributed by atoms with Crippen LogP contribution in [0, 0.1) is 0 Å². The number of hydrogen-bond acceptors (Lipinski definition) is 4. The van der Waals surface area contributed by atoms with Crippen LogP contribution in [0.4, 0.5) is 0 Å². The number of ether oxygens (including phenoxy) is 3. The molecule has 1 fully saturated rings. The summed E-state index contributed by atoms with van der Waals surface area (Å²) in [5.74, 6) is 1.51. The van der Waals surface area contributed by atoms with Crippen LogP contribution in [0.2, 0.25) is 0 Å². The topological polar surface area (TPSA) is 30.9 Å². The van der Waals surface area contributed by atoms with E-state index in [2.05, 4.69) is 47.4 Å². The molecule has 0 saturated carbocycles. The summed E-state index contributed by atoms with van der Waals surface area (Å²) >= 11 is 0. The highest BCUT2D eigenvalue weighted by Crippen LogP contribution is 2.34. The van der Waals surface area contributed by atoms with Gasteiger partial charge < -0.3 is 14.2 Å². The average molecular weight is 404 g/mol. The molecule has 0 aliphatic carbocycles. The van der Waals surface area contributed by atoms with Crippen molar-refractivity contribution in [2.45, 2.75) is 25.7 Å². The van der Waals surface area contributed by atoms with Gasteiger partial charge in [0.2, 0.25) is 0 Å². The van der Waals surface area contributed by atoms with Crippen LogP contribution >= 0.6 is 0 Å². The molecule has 4 nitrogen and oxygen atoms in total. The van der Waals surface area contributed by atoms with Crippen molar-refractivity contribution in [2.75, 3.05) is 26.3 Å². The maximum Gasteiger partial charge on any atom is 0.162 e. The Balaban J connectivity index is 1.55. The van der Waals surface area contributed by atoms with Crippen molar-refractivity contribution in [3.8, 4) is 11.5 Å². The molecule has 3 aromatic rings. The van der Waals surface area contributed by atoms with Crippen LogP contribution in [0.15, 0.2) is 84.9 Å². The van der Waals surface area contributed by atoms with Crippen molar-refractivity contribution >= 4 is 0 Å². The fourth-order valence-electron chi connectivity index (χ4n) is 3.86. The van der Waals surface area contributed by atoms with E-state index in [9.17, 15) is 0 Å². The Bertz CT molecular complexity index is 900. The number of hydrogen-bond donors (Lipinski definition) is 0. The molecule has 4 heteroatoms. The maximum atomic E-state index is 6.55. The first-order valence-corrected chi connectivity index (χ1v) is 10.6. The van der Waals surface area contributed by atoms with Crippen LogP contribution in [-0.2, 0) is 11.3 Å². The Labute approximate surface area is 179 Å². The van der Waals surface area contributed by atoms with E-state index in [0.717, 1.165) is 36.7 Å². The monoisotopic (exact) mass is 403 g/mol. The Morgan fingerprint density at radius 2 is 1.57 bits per heavy atom. The molecule has 30 heavy (non-hydrogen) atoms. The van der Waals surface area contributed by atoms with Gasteiger partial charge >= 0.3 is 0 Å². The molecule has 1 aliphatic rings. The van der Waals surface area contributed by atoms with Crippen molar-refractivity contribution in [2.24, 2.45) is 0 Å². The second-order valence-electron chi connectivity index (χ2n) is 7.46. The van der Waals surface area contributed by atoms with Gasteiger partial charge in [0.25, 0.3) is 0 Å². The largest absolute Gasteiger partial charge is 0.490 e. The van der Waals surface area contributed by atoms with Gasteiger partial charge in [-0.15, -0.1) is 0 Å². The first-order valence-electron chi connectivity index (χ1n) is 10.6. The first-order chi connectivity index (χ1) is 14.8. The number of benzene rings is 3. The summed E-state index contributed by atoms with van der Waals surface area (Å²) in [7, 11) is 0. The molecular formula is C26H29NO3. The highest BCUT2D eigenvalue weighted by Gasteiger charge is 2.31. The van der Waals surface area contributed by atoms with Gasteiger partial charge in [-0.25, -0.2) is 0 Å². The van der Waals surface area contributed by atoms with Crippen LogP contribution in [-0.4, -0.2) is 37.3 Å². The standard InChI is InChI=1S/C26H29NO3/c1-2-28-23-15-9-10-16-24(23)30-26(22-13-7-4-8-14-22)25-20-27(17-18-29-25)19-21-11-5-3-6-12-21/h3-16,25-26H,2,17-20H2,1H3/t25?,26-/m0/s1. The maximum absolute atomic E-state index is 6.55. The van der Waals surface area contributed by atoms with Gasteiger partial charge in [0.1, 0.15) is 6.10 Å². The second-order valence-corrected chi connectivity index (χ2v) is 7.46. The van der Waals surface area contributed by atoms with E-state index in [1.807, 2.05) is 49.4 Å². The van der Waals surface area contributed by atoms with E-state index in [-0.39, 0.29) is 12.2 Å². The molecule has 0 spiro atoms. The zero-order valence-corrected chi connectivity index (χ0v) is 17.4. The molecule has 0 radical (unpaired) electrons. The van der Waals surface area contributed by atoms with Gasteiger partial charge in [-0.05, 0) is 30.2 Å². The fourth-order valence-corrected chi connectivity index (χ4v) is 3.86. The van der Waals surface area contributed by atoms with Crippen molar-refractivity contribution < 1.29 is 14.2 Å². The molecule has 156 valence electrons. The average Bonchev–Trinajstić information content (AvgIpc) is 2.80. The number of nitrogens with zero attached hydrogens (tertiary/aromatic N) is 1. The van der Waals surface area contributed by atoms with Gasteiger partial charge in [-0.2, -0.15) is 0 Å². The molecule has 1 aliphatic heterocycles. The van der Waals surface area contributed by atoms with E-state index in [1.54, 1.807) is 0 Å².